The summed E-state index contributed by atoms with van der Waals surface area (Å²) in [5, 5.41) is 7.00. The number of hydrogen-bond donors (Lipinski definition) is 2. The number of nitrogens with one attached hydrogen (secondary N) is 1. The molecule has 0 radical (unpaired) electrons. The molecule has 6 heterocycles. The molecule has 11 nitrogen and oxygen atoms in total. The van der Waals surface area contributed by atoms with Crippen LogP contribution in [0.1, 0.15) is 70.4 Å². The quantitative estimate of drug-likeness (QED) is 0.284. The SMILES string of the molecule is CNC(=O)c1nn2c(c1Cl)CN(c1nc(OC)nc3c1COC(c1c(C(F)(F)F)cc(F)c(N)c1F)C3)CCC2.FC1CC2CCCN2C1. The van der Waals surface area contributed by atoms with Gasteiger partial charge in [-0.1, -0.05) is 11.6 Å². The highest BCUT2D eigenvalue weighted by atomic mass is 35.5. The van der Waals surface area contributed by atoms with Gasteiger partial charge in [-0.25, -0.2) is 13.2 Å². The van der Waals surface area contributed by atoms with Crippen LogP contribution in [0.4, 0.5) is 37.8 Å². The molecule has 2 aromatic heterocycles. The zero-order valence-electron chi connectivity index (χ0n) is 26.7. The van der Waals surface area contributed by atoms with Crippen molar-refractivity contribution in [2.24, 2.45) is 0 Å². The molecule has 0 spiro atoms. The number of alkyl halides is 4. The van der Waals surface area contributed by atoms with Crippen molar-refractivity contribution in [2.45, 2.75) is 76.3 Å². The smallest absolute Gasteiger partial charge is 0.416 e. The largest absolute Gasteiger partial charge is 0.467 e. The minimum absolute atomic E-state index is 0.0700. The van der Waals surface area contributed by atoms with Crippen LogP contribution < -0.4 is 20.7 Å². The molecule has 3 N–H and O–H groups in total. The van der Waals surface area contributed by atoms with Gasteiger partial charge >= 0.3 is 12.2 Å². The molecule has 0 aliphatic carbocycles. The Morgan fingerprint density at radius 1 is 1.18 bits per heavy atom. The van der Waals surface area contributed by atoms with Crippen LogP contribution in [0.15, 0.2) is 6.07 Å². The van der Waals surface area contributed by atoms with Crippen molar-refractivity contribution in [2.75, 3.05) is 44.4 Å². The number of carbonyl (C=O) groups excluding carboxylic acids is 1. The molecule has 1 amide bonds. The second kappa shape index (κ2) is 13.8. The highest BCUT2D eigenvalue weighted by Crippen LogP contribution is 2.44. The molecule has 0 bridgehead atoms. The first-order chi connectivity index (χ1) is 23.3. The second-order valence-corrected chi connectivity index (χ2v) is 12.7. The first kappa shape index (κ1) is 35.0. The Morgan fingerprint density at radius 2 is 1.96 bits per heavy atom. The van der Waals surface area contributed by atoms with Crippen LogP contribution in [-0.4, -0.2) is 76.6 Å². The third-order valence-electron chi connectivity index (χ3n) is 9.29. The van der Waals surface area contributed by atoms with Crippen LogP contribution in [0.5, 0.6) is 6.01 Å². The van der Waals surface area contributed by atoms with Crippen LogP contribution in [-0.2, 0) is 37.0 Å². The number of nitrogens with zero attached hydrogens (tertiary/aromatic N) is 6. The number of methoxy groups -OCH3 is 1. The summed E-state index contributed by atoms with van der Waals surface area (Å²) in [4.78, 5) is 25.1. The number of aromatic nitrogens is 4. The van der Waals surface area contributed by atoms with Crippen molar-refractivity contribution in [3.8, 4) is 6.01 Å². The number of hydrogen-bond acceptors (Lipinski definition) is 9. The van der Waals surface area contributed by atoms with Gasteiger partial charge in [0.2, 0.25) is 0 Å². The minimum Gasteiger partial charge on any atom is -0.467 e. The molecule has 1 aromatic carbocycles. The average Bonchev–Trinajstić information content (AvgIpc) is 3.69. The van der Waals surface area contributed by atoms with Gasteiger partial charge in [0.25, 0.3) is 5.91 Å². The van der Waals surface area contributed by atoms with Crippen molar-refractivity contribution in [3.05, 3.63) is 56.5 Å². The number of amides is 1. The number of nitrogens with two attached hydrogens (primary N) is 1. The topological polar surface area (TPSA) is 124 Å². The van der Waals surface area contributed by atoms with Gasteiger partial charge in [0, 0.05) is 50.3 Å². The molecule has 49 heavy (non-hydrogen) atoms. The van der Waals surface area contributed by atoms with E-state index in [0.717, 1.165) is 13.0 Å². The van der Waals surface area contributed by atoms with Gasteiger partial charge in [-0.15, -0.1) is 0 Å². The summed E-state index contributed by atoms with van der Waals surface area (Å²) in [6.45, 7) is 2.72. The number of ether oxygens (including phenoxy) is 2. The van der Waals surface area contributed by atoms with E-state index in [0.29, 0.717) is 49.2 Å². The molecule has 18 heteroatoms. The number of fused-ring (bicyclic) bond motifs is 3. The van der Waals surface area contributed by atoms with Gasteiger partial charge in [-0.2, -0.15) is 28.2 Å². The second-order valence-electron chi connectivity index (χ2n) is 12.3. The maximum atomic E-state index is 15.0. The van der Waals surface area contributed by atoms with Gasteiger partial charge < -0.3 is 25.4 Å². The van der Waals surface area contributed by atoms with E-state index in [1.165, 1.54) is 27.0 Å². The van der Waals surface area contributed by atoms with Crippen LogP contribution in [0.3, 0.4) is 0 Å². The molecule has 0 saturated carbocycles. The van der Waals surface area contributed by atoms with Crippen molar-refractivity contribution >= 4 is 29.0 Å². The molecule has 2 fully saturated rings. The normalized spacial score (nSPS) is 22.1. The van der Waals surface area contributed by atoms with E-state index in [1.54, 1.807) is 4.68 Å². The van der Waals surface area contributed by atoms with Gasteiger partial charge in [-0.3, -0.25) is 14.4 Å². The van der Waals surface area contributed by atoms with Crippen molar-refractivity contribution < 1.29 is 40.6 Å². The van der Waals surface area contributed by atoms with E-state index in [2.05, 4.69) is 25.3 Å². The van der Waals surface area contributed by atoms with Gasteiger partial charge in [-0.05, 0) is 38.3 Å². The fourth-order valence-electron chi connectivity index (χ4n) is 6.92. The Kier molecular flexibility index (Phi) is 9.88. The lowest BCUT2D eigenvalue weighted by molar-refractivity contribution is -0.140. The molecule has 3 aromatic rings. The first-order valence-corrected chi connectivity index (χ1v) is 16.2. The van der Waals surface area contributed by atoms with E-state index in [1.807, 2.05) is 4.90 Å². The molecular formula is C31H35ClF6N8O3. The molecule has 7 rings (SSSR count). The summed E-state index contributed by atoms with van der Waals surface area (Å²) >= 11 is 6.50. The van der Waals surface area contributed by atoms with E-state index < -0.39 is 52.8 Å². The third-order valence-corrected chi connectivity index (χ3v) is 9.69. The summed E-state index contributed by atoms with van der Waals surface area (Å²) in [7, 11) is 2.79. The molecule has 3 atom stereocenters. The zero-order chi connectivity index (χ0) is 35.2. The summed E-state index contributed by atoms with van der Waals surface area (Å²) in [5.41, 5.74) is 3.31. The summed E-state index contributed by atoms with van der Waals surface area (Å²) in [5.74, 6) is -3.12. The van der Waals surface area contributed by atoms with E-state index in [4.69, 9.17) is 26.8 Å². The number of nitrogen functional groups attached to an aromatic ring is 1. The number of benzene rings is 1. The fraction of sp³-hybridized carbons (Fsp3) is 0.548. The van der Waals surface area contributed by atoms with Crippen molar-refractivity contribution in [3.63, 3.8) is 0 Å². The lowest BCUT2D eigenvalue weighted by atomic mass is 9.93. The van der Waals surface area contributed by atoms with Crippen molar-refractivity contribution in [1.82, 2.24) is 30.0 Å². The van der Waals surface area contributed by atoms with Gasteiger partial charge in [0.05, 0.1) is 48.3 Å². The van der Waals surface area contributed by atoms with Gasteiger partial charge in [0.15, 0.2) is 11.5 Å². The van der Waals surface area contributed by atoms with E-state index in [-0.39, 0.29) is 48.1 Å². The monoisotopic (exact) mass is 716 g/mol. The predicted octanol–water partition coefficient (Wildman–Crippen LogP) is 4.99. The molecule has 4 aliphatic heterocycles. The minimum atomic E-state index is -5.06. The number of aryl methyl sites for hydroxylation is 1. The van der Waals surface area contributed by atoms with E-state index >= 15 is 0 Å². The third kappa shape index (κ3) is 6.84. The Balaban J connectivity index is 0.000000396. The van der Waals surface area contributed by atoms with Gasteiger partial charge in [0.1, 0.15) is 23.5 Å². The standard InChI is InChI=1S/C24H23ClF5N7O3.C7H12FN/c1-32-22(38)20-17(25)14-8-36(4-3-5-37(14)35-20)21-10-9-40-15(7-13(10)33-23(34-21)39-2)16-11(24(28,29)30)6-12(26)19(31)18(16)27;8-6-4-7-2-1-3-9(7)5-6/h6,15H,3-5,7-9,31H2,1-2H3,(H,32,38);6-7H,1-5H2. The summed E-state index contributed by atoms with van der Waals surface area (Å²) in [6.07, 6.45) is -3.41. The van der Waals surface area contributed by atoms with Crippen LogP contribution in [0, 0.1) is 11.6 Å². The highest BCUT2D eigenvalue weighted by Gasteiger charge is 2.41. The average molecular weight is 717 g/mol. The lowest BCUT2D eigenvalue weighted by Gasteiger charge is -2.31. The Morgan fingerprint density at radius 3 is 2.65 bits per heavy atom. The summed E-state index contributed by atoms with van der Waals surface area (Å²) in [6, 6.07) is 0.704. The van der Waals surface area contributed by atoms with Crippen LogP contribution in [0.25, 0.3) is 0 Å². The summed E-state index contributed by atoms with van der Waals surface area (Å²) < 4.78 is 95.4. The Hall–Kier alpha value is -3.83. The van der Waals surface area contributed by atoms with Crippen molar-refractivity contribution in [1.29, 1.82) is 0 Å². The predicted molar refractivity (Wildman–Crippen MR) is 166 cm³/mol. The molecule has 266 valence electrons. The zero-order valence-corrected chi connectivity index (χ0v) is 27.5. The maximum absolute atomic E-state index is 15.0. The fourth-order valence-corrected chi connectivity index (χ4v) is 7.20. The Labute approximate surface area is 282 Å². The number of halogens is 7. The first-order valence-electron chi connectivity index (χ1n) is 15.8. The lowest BCUT2D eigenvalue weighted by Crippen LogP contribution is -2.29. The maximum Gasteiger partial charge on any atom is 0.416 e. The molecule has 4 aliphatic rings. The Bertz CT molecular complexity index is 1730. The van der Waals surface area contributed by atoms with Crippen LogP contribution in [0.2, 0.25) is 5.02 Å². The highest BCUT2D eigenvalue weighted by molar-refractivity contribution is 6.34. The molecular weight excluding hydrogens is 682 g/mol. The number of carbonyl (C=O) groups is 1. The molecule has 2 saturated heterocycles. The van der Waals surface area contributed by atoms with E-state index in [9.17, 15) is 31.1 Å². The molecule has 3 unspecified atom stereocenters. The number of rotatable bonds is 4. The van der Waals surface area contributed by atoms with Crippen LogP contribution >= 0.6 is 11.6 Å². The number of anilines is 2.